The smallest absolute Gasteiger partial charge is 0.256 e. The van der Waals surface area contributed by atoms with Crippen molar-refractivity contribution in [1.82, 2.24) is 14.8 Å². The number of aromatic amines is 1. The molecule has 0 saturated carbocycles. The number of hydrogen-bond acceptors (Lipinski definition) is 2. The number of carbonyl (C=O) groups is 2. The molecule has 27 heavy (non-hydrogen) atoms. The number of benzene rings is 2. The van der Waals surface area contributed by atoms with E-state index in [9.17, 15) is 9.59 Å². The van der Waals surface area contributed by atoms with Crippen molar-refractivity contribution in [3.63, 3.8) is 0 Å². The molecule has 1 aliphatic rings. The Balaban J connectivity index is 1.52. The summed E-state index contributed by atoms with van der Waals surface area (Å²) in [5, 5.41) is 0.960. The summed E-state index contributed by atoms with van der Waals surface area (Å²) in [5.41, 5.74) is 3.31. The van der Waals surface area contributed by atoms with E-state index in [2.05, 4.69) is 4.98 Å². The normalized spacial score (nSPS) is 15.0. The van der Waals surface area contributed by atoms with Crippen LogP contribution in [0.2, 0.25) is 0 Å². The van der Waals surface area contributed by atoms with Crippen LogP contribution in [0.4, 0.5) is 0 Å². The van der Waals surface area contributed by atoms with Gasteiger partial charge in [0.15, 0.2) is 0 Å². The number of rotatable bonds is 2. The molecule has 2 aromatic carbocycles. The molecular weight excluding hydrogens is 338 g/mol. The lowest BCUT2D eigenvalue weighted by Crippen LogP contribution is -2.37. The molecule has 0 atom stereocenters. The van der Waals surface area contributed by atoms with Crippen LogP contribution in [0.5, 0.6) is 0 Å². The number of aryl methyl sites for hydroxylation is 1. The van der Waals surface area contributed by atoms with E-state index in [0.717, 1.165) is 28.6 Å². The second-order valence-electron chi connectivity index (χ2n) is 6.97. The fourth-order valence-electron chi connectivity index (χ4n) is 3.80. The molecule has 0 spiro atoms. The van der Waals surface area contributed by atoms with Crippen LogP contribution in [0, 0.1) is 6.92 Å². The molecule has 1 saturated heterocycles. The van der Waals surface area contributed by atoms with Gasteiger partial charge in [-0.25, -0.2) is 0 Å². The monoisotopic (exact) mass is 361 g/mol. The average molecular weight is 361 g/mol. The highest BCUT2D eigenvalue weighted by Gasteiger charge is 2.26. The van der Waals surface area contributed by atoms with E-state index in [4.69, 9.17) is 0 Å². The Morgan fingerprint density at radius 1 is 0.815 bits per heavy atom. The number of aromatic nitrogens is 1. The first-order valence-corrected chi connectivity index (χ1v) is 9.36. The van der Waals surface area contributed by atoms with Gasteiger partial charge in [-0.1, -0.05) is 36.4 Å². The van der Waals surface area contributed by atoms with Gasteiger partial charge in [-0.15, -0.1) is 0 Å². The highest BCUT2D eigenvalue weighted by atomic mass is 16.2. The standard InChI is InChI=1S/C22H23N3O2/c1-16-20(18-10-5-6-11-19(18)23-16)22(27)25-13-7-12-24(14-15-25)21(26)17-8-3-2-4-9-17/h2-6,8-11,23H,7,12-15H2,1H3. The third-order valence-corrected chi connectivity index (χ3v) is 5.20. The van der Waals surface area contributed by atoms with Crippen LogP contribution in [0.1, 0.15) is 32.8 Å². The Hall–Kier alpha value is -3.08. The lowest BCUT2D eigenvalue weighted by Gasteiger charge is -2.22. The van der Waals surface area contributed by atoms with Gasteiger partial charge in [0.25, 0.3) is 11.8 Å². The van der Waals surface area contributed by atoms with E-state index in [1.165, 1.54) is 0 Å². The molecule has 1 aromatic heterocycles. The summed E-state index contributed by atoms with van der Waals surface area (Å²) in [7, 11) is 0. The maximum atomic E-state index is 13.2. The van der Waals surface area contributed by atoms with Gasteiger partial charge in [0.2, 0.25) is 0 Å². The first-order chi connectivity index (χ1) is 13.1. The summed E-state index contributed by atoms with van der Waals surface area (Å²) in [6.07, 6.45) is 0.783. The predicted molar refractivity (Wildman–Crippen MR) is 106 cm³/mol. The van der Waals surface area contributed by atoms with Crippen molar-refractivity contribution in [2.45, 2.75) is 13.3 Å². The summed E-state index contributed by atoms with van der Waals surface area (Å²) < 4.78 is 0. The van der Waals surface area contributed by atoms with Crippen molar-refractivity contribution in [2.24, 2.45) is 0 Å². The second-order valence-corrected chi connectivity index (χ2v) is 6.97. The highest BCUT2D eigenvalue weighted by Crippen LogP contribution is 2.24. The van der Waals surface area contributed by atoms with Crippen molar-refractivity contribution in [3.05, 3.63) is 71.4 Å². The van der Waals surface area contributed by atoms with Gasteiger partial charge >= 0.3 is 0 Å². The topological polar surface area (TPSA) is 56.4 Å². The van der Waals surface area contributed by atoms with Gasteiger partial charge in [-0.2, -0.15) is 0 Å². The molecule has 0 aliphatic carbocycles. The van der Waals surface area contributed by atoms with Crippen LogP contribution in [0.3, 0.4) is 0 Å². The number of fused-ring (bicyclic) bond motifs is 1. The number of nitrogens with zero attached hydrogens (tertiary/aromatic N) is 2. The molecule has 2 heterocycles. The van der Waals surface area contributed by atoms with Gasteiger partial charge in [-0.05, 0) is 31.5 Å². The van der Waals surface area contributed by atoms with E-state index in [1.807, 2.05) is 71.3 Å². The Morgan fingerprint density at radius 3 is 2.19 bits per heavy atom. The lowest BCUT2D eigenvalue weighted by atomic mass is 10.1. The average Bonchev–Trinajstić information content (AvgIpc) is 2.87. The van der Waals surface area contributed by atoms with Crippen LogP contribution in [0.15, 0.2) is 54.6 Å². The van der Waals surface area contributed by atoms with Crippen molar-refractivity contribution in [2.75, 3.05) is 26.2 Å². The third-order valence-electron chi connectivity index (χ3n) is 5.20. The minimum absolute atomic E-state index is 0.0353. The molecule has 138 valence electrons. The van der Waals surface area contributed by atoms with Crippen LogP contribution in [-0.4, -0.2) is 52.8 Å². The molecule has 2 amide bonds. The van der Waals surface area contributed by atoms with Crippen LogP contribution < -0.4 is 0 Å². The molecule has 3 aromatic rings. The van der Waals surface area contributed by atoms with E-state index < -0.39 is 0 Å². The molecule has 5 heteroatoms. The number of nitrogens with one attached hydrogen (secondary N) is 1. The summed E-state index contributed by atoms with van der Waals surface area (Å²) in [4.78, 5) is 32.9. The zero-order chi connectivity index (χ0) is 18.8. The Kier molecular flexibility index (Phi) is 4.67. The minimum Gasteiger partial charge on any atom is -0.358 e. The van der Waals surface area contributed by atoms with Gasteiger partial charge in [-0.3, -0.25) is 9.59 Å². The van der Waals surface area contributed by atoms with Gasteiger partial charge in [0, 0.05) is 48.3 Å². The number of amides is 2. The molecule has 0 unspecified atom stereocenters. The van der Waals surface area contributed by atoms with Crippen LogP contribution in [0.25, 0.3) is 10.9 Å². The molecule has 0 radical (unpaired) electrons. The fourth-order valence-corrected chi connectivity index (χ4v) is 3.80. The third kappa shape index (κ3) is 3.33. The minimum atomic E-state index is 0.0353. The highest BCUT2D eigenvalue weighted by molar-refractivity contribution is 6.08. The molecule has 1 fully saturated rings. The van der Waals surface area contributed by atoms with Crippen molar-refractivity contribution < 1.29 is 9.59 Å². The van der Waals surface area contributed by atoms with E-state index in [1.54, 1.807) is 0 Å². The van der Waals surface area contributed by atoms with Gasteiger partial charge in [0.05, 0.1) is 5.56 Å². The zero-order valence-electron chi connectivity index (χ0n) is 15.4. The van der Waals surface area contributed by atoms with E-state index >= 15 is 0 Å². The molecular formula is C22H23N3O2. The largest absolute Gasteiger partial charge is 0.358 e. The summed E-state index contributed by atoms with van der Waals surface area (Å²) >= 11 is 0. The maximum Gasteiger partial charge on any atom is 0.256 e. The van der Waals surface area contributed by atoms with Crippen molar-refractivity contribution >= 4 is 22.7 Å². The van der Waals surface area contributed by atoms with Crippen molar-refractivity contribution in [3.8, 4) is 0 Å². The number of H-pyrrole nitrogens is 1. The molecule has 1 N–H and O–H groups in total. The predicted octanol–water partition coefficient (Wildman–Crippen LogP) is 3.46. The van der Waals surface area contributed by atoms with Gasteiger partial charge < -0.3 is 14.8 Å². The SMILES string of the molecule is Cc1[nH]c2ccccc2c1C(=O)N1CCCN(C(=O)c2ccccc2)CC1. The Morgan fingerprint density at radius 2 is 1.44 bits per heavy atom. The lowest BCUT2D eigenvalue weighted by molar-refractivity contribution is 0.0719. The van der Waals surface area contributed by atoms with Crippen LogP contribution in [-0.2, 0) is 0 Å². The second kappa shape index (κ2) is 7.27. The molecule has 1 aliphatic heterocycles. The summed E-state index contributed by atoms with van der Waals surface area (Å²) in [6.45, 7) is 4.38. The zero-order valence-corrected chi connectivity index (χ0v) is 15.4. The number of hydrogen-bond donors (Lipinski definition) is 1. The first-order valence-electron chi connectivity index (χ1n) is 9.36. The van der Waals surface area contributed by atoms with Crippen LogP contribution >= 0.6 is 0 Å². The summed E-state index contributed by atoms with van der Waals surface area (Å²) in [5.74, 6) is 0.0760. The van der Waals surface area contributed by atoms with Crippen molar-refractivity contribution in [1.29, 1.82) is 0 Å². The quantitative estimate of drug-likeness (QED) is 0.760. The summed E-state index contributed by atoms with van der Waals surface area (Å²) in [6, 6.07) is 17.2. The Labute approximate surface area is 158 Å². The molecule has 5 nitrogen and oxygen atoms in total. The number of para-hydroxylation sites is 1. The van der Waals surface area contributed by atoms with E-state index in [-0.39, 0.29) is 11.8 Å². The molecule has 4 rings (SSSR count). The Bertz CT molecular complexity index is 978. The first kappa shape index (κ1) is 17.3. The maximum absolute atomic E-state index is 13.2. The van der Waals surface area contributed by atoms with Gasteiger partial charge in [0.1, 0.15) is 0 Å². The fraction of sp³-hybridized carbons (Fsp3) is 0.273. The van der Waals surface area contributed by atoms with E-state index in [0.29, 0.717) is 31.7 Å². The number of carbonyl (C=O) groups excluding carboxylic acids is 2. The molecule has 0 bridgehead atoms.